The molecule has 0 radical (unpaired) electrons. The number of aryl methyl sites for hydroxylation is 1. The molecule has 0 spiro atoms. The fourth-order valence-corrected chi connectivity index (χ4v) is 8.24. The zero-order valence-electron chi connectivity index (χ0n) is 28.4. The first kappa shape index (κ1) is 30.1. The van der Waals surface area contributed by atoms with Crippen molar-refractivity contribution in [2.45, 2.75) is 26.2 Å². The van der Waals surface area contributed by atoms with E-state index in [0.29, 0.717) is 0 Å². The fourth-order valence-electron chi connectivity index (χ4n) is 8.24. The van der Waals surface area contributed by atoms with E-state index in [1.165, 1.54) is 93.2 Å². The van der Waals surface area contributed by atoms with Gasteiger partial charge in [0.25, 0.3) is 0 Å². The van der Waals surface area contributed by atoms with Crippen LogP contribution in [0.15, 0.2) is 176 Å². The van der Waals surface area contributed by atoms with Crippen molar-refractivity contribution in [2.75, 3.05) is 0 Å². The predicted molar refractivity (Wildman–Crippen MR) is 217 cm³/mol. The number of hydrogen-bond acceptors (Lipinski definition) is 0. The van der Waals surface area contributed by atoms with Gasteiger partial charge in [-0.05, 0) is 106 Å². The molecule has 0 amide bonds. The molecule has 238 valence electrons. The molecule has 0 fully saturated rings. The van der Waals surface area contributed by atoms with Crippen molar-refractivity contribution < 1.29 is 0 Å². The number of rotatable bonds is 7. The summed E-state index contributed by atoms with van der Waals surface area (Å²) in [6, 6.07) is 65.2. The van der Waals surface area contributed by atoms with E-state index >= 15 is 0 Å². The van der Waals surface area contributed by atoms with Crippen molar-refractivity contribution in [3.05, 3.63) is 181 Å². The molecule has 0 aliphatic heterocycles. The molecule has 9 aromatic carbocycles. The van der Waals surface area contributed by atoms with Gasteiger partial charge in [-0.15, -0.1) is 0 Å². The van der Waals surface area contributed by atoms with Gasteiger partial charge >= 0.3 is 0 Å². The lowest BCUT2D eigenvalue weighted by Gasteiger charge is -2.23. The van der Waals surface area contributed by atoms with Gasteiger partial charge in [-0.3, -0.25) is 0 Å². The van der Waals surface area contributed by atoms with Crippen LogP contribution in [0.3, 0.4) is 0 Å². The molecule has 50 heavy (non-hydrogen) atoms. The minimum atomic E-state index is 1.04. The van der Waals surface area contributed by atoms with Crippen LogP contribution in [-0.2, 0) is 6.42 Å². The quantitative estimate of drug-likeness (QED) is 0.152. The van der Waals surface area contributed by atoms with Crippen LogP contribution in [0.2, 0.25) is 0 Å². The SMILES string of the molecule is CCCCc1cccc2c(-c3ccccc3-c3cccc4ccccc34)c3ccccc3c(-c3ccccc3-c3cccc4ccccc34)c12. The Hall–Kier alpha value is -5.98. The molecular formula is C50H38. The van der Waals surface area contributed by atoms with Crippen molar-refractivity contribution >= 4 is 43.1 Å². The molecule has 0 unspecified atom stereocenters. The third-order valence-electron chi connectivity index (χ3n) is 10.5. The van der Waals surface area contributed by atoms with E-state index in [4.69, 9.17) is 0 Å². The second kappa shape index (κ2) is 12.8. The maximum absolute atomic E-state index is 2.37. The second-order valence-electron chi connectivity index (χ2n) is 13.4. The van der Waals surface area contributed by atoms with Gasteiger partial charge in [-0.25, -0.2) is 0 Å². The summed E-state index contributed by atoms with van der Waals surface area (Å²) in [5, 5.41) is 10.3. The summed E-state index contributed by atoms with van der Waals surface area (Å²) in [4.78, 5) is 0. The number of unbranched alkanes of at least 4 members (excludes halogenated alkanes) is 1. The number of hydrogen-bond donors (Lipinski definition) is 0. The highest BCUT2D eigenvalue weighted by Gasteiger charge is 2.23. The first-order valence-electron chi connectivity index (χ1n) is 17.9. The molecule has 0 aliphatic carbocycles. The molecule has 0 aliphatic rings. The second-order valence-corrected chi connectivity index (χ2v) is 13.4. The Morgan fingerprint density at radius 3 is 1.30 bits per heavy atom. The Morgan fingerprint density at radius 2 is 0.720 bits per heavy atom. The topological polar surface area (TPSA) is 0 Å². The van der Waals surface area contributed by atoms with E-state index in [2.05, 4.69) is 183 Å². The van der Waals surface area contributed by atoms with E-state index in [-0.39, 0.29) is 0 Å². The molecule has 0 atom stereocenters. The average Bonchev–Trinajstić information content (AvgIpc) is 3.19. The fraction of sp³-hybridized carbons (Fsp3) is 0.0800. The van der Waals surface area contributed by atoms with E-state index < -0.39 is 0 Å². The van der Waals surface area contributed by atoms with Crippen LogP contribution < -0.4 is 0 Å². The molecule has 0 heterocycles. The smallest absolute Gasteiger partial charge is 0.00174 e. The van der Waals surface area contributed by atoms with Gasteiger partial charge in [0.2, 0.25) is 0 Å². The predicted octanol–water partition coefficient (Wildman–Crippen LogP) is 14.3. The monoisotopic (exact) mass is 638 g/mol. The molecule has 0 saturated heterocycles. The first-order chi connectivity index (χ1) is 24.8. The van der Waals surface area contributed by atoms with Crippen molar-refractivity contribution in [3.63, 3.8) is 0 Å². The summed E-state index contributed by atoms with van der Waals surface area (Å²) < 4.78 is 0. The van der Waals surface area contributed by atoms with Crippen LogP contribution in [0.1, 0.15) is 25.3 Å². The Bertz CT molecular complexity index is 2680. The first-order valence-corrected chi connectivity index (χ1v) is 17.9. The van der Waals surface area contributed by atoms with E-state index in [1.807, 2.05) is 0 Å². The minimum Gasteiger partial charge on any atom is -0.0654 e. The van der Waals surface area contributed by atoms with Crippen molar-refractivity contribution in [3.8, 4) is 44.5 Å². The largest absolute Gasteiger partial charge is 0.0654 e. The summed E-state index contributed by atoms with van der Waals surface area (Å²) >= 11 is 0. The number of benzene rings is 9. The highest BCUT2D eigenvalue weighted by Crippen LogP contribution is 2.49. The minimum absolute atomic E-state index is 1.04. The summed E-state index contributed by atoms with van der Waals surface area (Å²) in [5.74, 6) is 0. The standard InChI is InChI=1S/C50H38/c1-2-3-17-36-22-16-33-47-48(36)50(44-28-11-9-26-42(44)40-32-15-21-35-19-5-7-24-38(35)40)46-30-13-12-29-45(46)49(47)43-27-10-8-25-41(43)39-31-14-20-34-18-4-6-23-37(34)39/h4-16,18-33H,2-3,17H2,1H3. The van der Waals surface area contributed by atoms with Gasteiger partial charge in [0.05, 0.1) is 0 Å². The highest BCUT2D eigenvalue weighted by molar-refractivity contribution is 6.24. The van der Waals surface area contributed by atoms with Crippen LogP contribution in [0, 0.1) is 0 Å². The van der Waals surface area contributed by atoms with Gasteiger partial charge in [0.1, 0.15) is 0 Å². The lowest BCUT2D eigenvalue weighted by molar-refractivity contribution is 0.799. The average molecular weight is 639 g/mol. The lowest BCUT2D eigenvalue weighted by Crippen LogP contribution is -1.97. The van der Waals surface area contributed by atoms with Gasteiger partial charge < -0.3 is 0 Å². The van der Waals surface area contributed by atoms with Crippen LogP contribution in [-0.4, -0.2) is 0 Å². The van der Waals surface area contributed by atoms with Crippen LogP contribution in [0.25, 0.3) is 87.6 Å². The van der Waals surface area contributed by atoms with Crippen LogP contribution >= 0.6 is 0 Å². The molecule has 9 aromatic rings. The molecule has 0 heteroatoms. The summed E-state index contributed by atoms with van der Waals surface area (Å²) in [7, 11) is 0. The van der Waals surface area contributed by atoms with Gasteiger partial charge in [0.15, 0.2) is 0 Å². The molecular weight excluding hydrogens is 601 g/mol. The van der Waals surface area contributed by atoms with E-state index in [9.17, 15) is 0 Å². The zero-order chi connectivity index (χ0) is 33.4. The Labute approximate surface area is 294 Å². The number of fused-ring (bicyclic) bond motifs is 4. The summed E-state index contributed by atoms with van der Waals surface area (Å²) in [6.07, 6.45) is 3.35. The van der Waals surface area contributed by atoms with Crippen LogP contribution in [0.4, 0.5) is 0 Å². The Kier molecular flexibility index (Phi) is 7.71. The van der Waals surface area contributed by atoms with E-state index in [0.717, 1.165) is 19.3 Å². The summed E-state index contributed by atoms with van der Waals surface area (Å²) in [6.45, 7) is 2.29. The van der Waals surface area contributed by atoms with E-state index in [1.54, 1.807) is 0 Å². The molecule has 9 rings (SSSR count). The van der Waals surface area contributed by atoms with Crippen LogP contribution in [0.5, 0.6) is 0 Å². The third-order valence-corrected chi connectivity index (χ3v) is 10.5. The van der Waals surface area contributed by atoms with Crippen molar-refractivity contribution in [2.24, 2.45) is 0 Å². The molecule has 0 nitrogen and oxygen atoms in total. The molecule has 0 saturated carbocycles. The molecule has 0 N–H and O–H groups in total. The van der Waals surface area contributed by atoms with Crippen molar-refractivity contribution in [1.29, 1.82) is 0 Å². The Balaban J connectivity index is 1.42. The third kappa shape index (κ3) is 4.99. The van der Waals surface area contributed by atoms with Gasteiger partial charge in [-0.2, -0.15) is 0 Å². The lowest BCUT2D eigenvalue weighted by atomic mass is 9.80. The Morgan fingerprint density at radius 1 is 0.320 bits per heavy atom. The zero-order valence-corrected chi connectivity index (χ0v) is 28.4. The van der Waals surface area contributed by atoms with Gasteiger partial charge in [0, 0.05) is 0 Å². The van der Waals surface area contributed by atoms with Gasteiger partial charge in [-0.1, -0.05) is 189 Å². The molecule has 0 bridgehead atoms. The maximum atomic E-state index is 2.37. The summed E-state index contributed by atoms with van der Waals surface area (Å²) in [5.41, 5.74) is 11.7. The molecule has 0 aromatic heterocycles. The van der Waals surface area contributed by atoms with Crippen molar-refractivity contribution in [1.82, 2.24) is 0 Å². The normalized spacial score (nSPS) is 11.5. The highest BCUT2D eigenvalue weighted by atomic mass is 14.3. The maximum Gasteiger partial charge on any atom is -0.00174 e.